The standard InChI is InChI=1S/C16H16N4O/c17-13-5-3-6-14(10-13)19-16(21)8-9-20-15-7-2-1-4-12(15)11-18-20/h1-7,10-11H,8-9,17H2,(H,19,21). The van der Waals surface area contributed by atoms with Gasteiger partial charge in [-0.15, -0.1) is 0 Å². The zero-order chi connectivity index (χ0) is 14.7. The van der Waals surface area contributed by atoms with E-state index in [0.717, 1.165) is 10.9 Å². The normalized spacial score (nSPS) is 10.7. The van der Waals surface area contributed by atoms with Gasteiger partial charge in [-0.25, -0.2) is 0 Å². The maximum absolute atomic E-state index is 12.0. The van der Waals surface area contributed by atoms with Crippen LogP contribution in [0.25, 0.3) is 10.9 Å². The number of nitrogens with one attached hydrogen (secondary N) is 1. The van der Waals surface area contributed by atoms with Crippen molar-refractivity contribution in [1.29, 1.82) is 0 Å². The maximum atomic E-state index is 12.0. The number of nitrogens with two attached hydrogens (primary N) is 1. The third kappa shape index (κ3) is 3.02. The minimum absolute atomic E-state index is 0.0554. The summed E-state index contributed by atoms with van der Waals surface area (Å²) in [7, 11) is 0. The molecule has 0 aliphatic heterocycles. The van der Waals surface area contributed by atoms with Crippen LogP contribution in [-0.2, 0) is 11.3 Å². The van der Waals surface area contributed by atoms with E-state index in [9.17, 15) is 4.79 Å². The molecule has 0 saturated heterocycles. The summed E-state index contributed by atoms with van der Waals surface area (Å²) in [6.45, 7) is 0.543. The van der Waals surface area contributed by atoms with Gasteiger partial charge in [-0.3, -0.25) is 9.48 Å². The van der Waals surface area contributed by atoms with E-state index in [1.165, 1.54) is 0 Å². The summed E-state index contributed by atoms with van der Waals surface area (Å²) in [4.78, 5) is 12.0. The SMILES string of the molecule is Nc1cccc(NC(=O)CCn2ncc3ccccc32)c1. The molecule has 3 N–H and O–H groups in total. The minimum atomic E-state index is -0.0554. The van der Waals surface area contributed by atoms with Crippen LogP contribution in [0.2, 0.25) is 0 Å². The molecule has 0 radical (unpaired) electrons. The van der Waals surface area contributed by atoms with Crippen LogP contribution >= 0.6 is 0 Å². The van der Waals surface area contributed by atoms with Gasteiger partial charge in [0.2, 0.25) is 5.91 Å². The second-order valence-electron chi connectivity index (χ2n) is 4.85. The lowest BCUT2D eigenvalue weighted by Gasteiger charge is -2.06. The molecule has 1 aromatic heterocycles. The first-order valence-corrected chi connectivity index (χ1v) is 6.78. The van der Waals surface area contributed by atoms with Crippen molar-refractivity contribution >= 4 is 28.2 Å². The molecule has 0 spiro atoms. The van der Waals surface area contributed by atoms with E-state index in [-0.39, 0.29) is 5.91 Å². The van der Waals surface area contributed by atoms with Crippen LogP contribution in [0.4, 0.5) is 11.4 Å². The minimum Gasteiger partial charge on any atom is -0.399 e. The monoisotopic (exact) mass is 280 g/mol. The van der Waals surface area contributed by atoms with Crippen molar-refractivity contribution in [2.24, 2.45) is 0 Å². The van der Waals surface area contributed by atoms with E-state index in [1.807, 2.05) is 47.3 Å². The first kappa shape index (κ1) is 13.2. The Morgan fingerprint density at radius 1 is 1.19 bits per heavy atom. The molecule has 3 aromatic rings. The first-order chi connectivity index (χ1) is 10.2. The molecule has 5 nitrogen and oxygen atoms in total. The van der Waals surface area contributed by atoms with Crippen LogP contribution in [0.1, 0.15) is 6.42 Å². The van der Waals surface area contributed by atoms with Crippen LogP contribution in [0.15, 0.2) is 54.7 Å². The van der Waals surface area contributed by atoms with E-state index in [2.05, 4.69) is 10.4 Å². The molecule has 106 valence electrons. The summed E-state index contributed by atoms with van der Waals surface area (Å²) in [6.07, 6.45) is 2.17. The van der Waals surface area contributed by atoms with Gasteiger partial charge in [0.1, 0.15) is 0 Å². The average molecular weight is 280 g/mol. The summed E-state index contributed by atoms with van der Waals surface area (Å²) in [5.74, 6) is -0.0554. The Morgan fingerprint density at radius 3 is 2.90 bits per heavy atom. The number of hydrogen-bond donors (Lipinski definition) is 2. The molecule has 1 amide bonds. The molecule has 0 aliphatic carbocycles. The largest absolute Gasteiger partial charge is 0.399 e. The number of amides is 1. The van der Waals surface area contributed by atoms with Gasteiger partial charge in [0.25, 0.3) is 0 Å². The second-order valence-corrected chi connectivity index (χ2v) is 4.85. The van der Waals surface area contributed by atoms with Gasteiger partial charge >= 0.3 is 0 Å². The molecule has 1 heterocycles. The van der Waals surface area contributed by atoms with Crippen molar-refractivity contribution in [3.8, 4) is 0 Å². The molecule has 0 unspecified atom stereocenters. The van der Waals surface area contributed by atoms with E-state index < -0.39 is 0 Å². The zero-order valence-corrected chi connectivity index (χ0v) is 11.5. The van der Waals surface area contributed by atoms with Crippen LogP contribution in [0.5, 0.6) is 0 Å². The molecular weight excluding hydrogens is 264 g/mol. The van der Waals surface area contributed by atoms with Crippen LogP contribution in [0, 0.1) is 0 Å². The highest BCUT2D eigenvalue weighted by Crippen LogP contribution is 2.14. The summed E-state index contributed by atoms with van der Waals surface area (Å²) in [5.41, 5.74) is 8.06. The quantitative estimate of drug-likeness (QED) is 0.722. The number of rotatable bonds is 4. The number of carbonyl (C=O) groups excluding carboxylic acids is 1. The van der Waals surface area contributed by atoms with Crippen LogP contribution < -0.4 is 11.1 Å². The number of benzene rings is 2. The number of anilines is 2. The lowest BCUT2D eigenvalue weighted by atomic mass is 10.2. The Labute approximate surface area is 122 Å². The fourth-order valence-corrected chi connectivity index (χ4v) is 2.25. The van der Waals surface area contributed by atoms with Crippen LogP contribution in [-0.4, -0.2) is 15.7 Å². The van der Waals surface area contributed by atoms with Crippen molar-refractivity contribution in [3.05, 3.63) is 54.7 Å². The highest BCUT2D eigenvalue weighted by Gasteiger charge is 2.06. The molecule has 0 bridgehead atoms. The molecule has 0 saturated carbocycles. The predicted molar refractivity (Wildman–Crippen MR) is 83.8 cm³/mol. The molecule has 3 rings (SSSR count). The molecule has 5 heteroatoms. The van der Waals surface area contributed by atoms with Crippen molar-refractivity contribution in [3.63, 3.8) is 0 Å². The average Bonchev–Trinajstić information content (AvgIpc) is 2.88. The zero-order valence-electron chi connectivity index (χ0n) is 11.5. The number of hydrogen-bond acceptors (Lipinski definition) is 3. The number of nitrogens with zero attached hydrogens (tertiary/aromatic N) is 2. The van der Waals surface area contributed by atoms with Gasteiger partial charge < -0.3 is 11.1 Å². The highest BCUT2D eigenvalue weighted by atomic mass is 16.1. The maximum Gasteiger partial charge on any atom is 0.226 e. The van der Waals surface area contributed by atoms with Crippen molar-refractivity contribution < 1.29 is 4.79 Å². The van der Waals surface area contributed by atoms with E-state index in [1.54, 1.807) is 12.1 Å². The molecular formula is C16H16N4O. The fraction of sp³-hybridized carbons (Fsp3) is 0.125. The molecule has 2 aromatic carbocycles. The summed E-state index contributed by atoms with van der Waals surface area (Å²) < 4.78 is 1.84. The second kappa shape index (κ2) is 5.66. The summed E-state index contributed by atoms with van der Waals surface area (Å²) in [6, 6.07) is 15.1. The Kier molecular flexibility index (Phi) is 3.55. The smallest absolute Gasteiger partial charge is 0.226 e. The van der Waals surface area contributed by atoms with E-state index in [0.29, 0.717) is 24.3 Å². The Morgan fingerprint density at radius 2 is 2.05 bits per heavy atom. The fourth-order valence-electron chi connectivity index (χ4n) is 2.25. The predicted octanol–water partition coefficient (Wildman–Crippen LogP) is 2.65. The molecule has 21 heavy (non-hydrogen) atoms. The van der Waals surface area contributed by atoms with E-state index >= 15 is 0 Å². The summed E-state index contributed by atoms with van der Waals surface area (Å²) >= 11 is 0. The Balaban J connectivity index is 1.63. The number of aryl methyl sites for hydroxylation is 1. The molecule has 0 atom stereocenters. The third-order valence-electron chi connectivity index (χ3n) is 3.27. The lowest BCUT2D eigenvalue weighted by Crippen LogP contribution is -2.15. The van der Waals surface area contributed by atoms with Crippen LogP contribution in [0.3, 0.4) is 0 Å². The molecule has 0 aliphatic rings. The number of fused-ring (bicyclic) bond motifs is 1. The Hall–Kier alpha value is -2.82. The number of carbonyl (C=O) groups is 1. The summed E-state index contributed by atoms with van der Waals surface area (Å²) in [5, 5.41) is 8.22. The van der Waals surface area contributed by atoms with E-state index in [4.69, 9.17) is 5.73 Å². The first-order valence-electron chi connectivity index (χ1n) is 6.78. The van der Waals surface area contributed by atoms with Gasteiger partial charge in [0, 0.05) is 23.2 Å². The number of aromatic nitrogens is 2. The van der Waals surface area contributed by atoms with Gasteiger partial charge in [-0.05, 0) is 24.3 Å². The topological polar surface area (TPSA) is 72.9 Å². The Bertz CT molecular complexity index is 779. The van der Waals surface area contributed by atoms with Gasteiger partial charge in [-0.1, -0.05) is 24.3 Å². The van der Waals surface area contributed by atoms with Gasteiger partial charge in [-0.2, -0.15) is 5.10 Å². The van der Waals surface area contributed by atoms with Crippen molar-refractivity contribution in [2.75, 3.05) is 11.1 Å². The number of para-hydroxylation sites is 1. The number of nitrogen functional groups attached to an aromatic ring is 1. The van der Waals surface area contributed by atoms with Gasteiger partial charge in [0.15, 0.2) is 0 Å². The van der Waals surface area contributed by atoms with Gasteiger partial charge in [0.05, 0.1) is 18.3 Å². The van der Waals surface area contributed by atoms with Crippen molar-refractivity contribution in [1.82, 2.24) is 9.78 Å². The third-order valence-corrected chi connectivity index (χ3v) is 3.27. The highest BCUT2D eigenvalue weighted by molar-refractivity contribution is 5.91. The molecule has 0 fully saturated rings. The lowest BCUT2D eigenvalue weighted by molar-refractivity contribution is -0.116. The van der Waals surface area contributed by atoms with Crippen molar-refractivity contribution in [2.45, 2.75) is 13.0 Å².